The maximum atomic E-state index is 13.7. The van der Waals surface area contributed by atoms with E-state index in [2.05, 4.69) is 19.9 Å². The number of nitrogens with one attached hydrogen (secondary N) is 1. The average Bonchev–Trinajstić information content (AvgIpc) is 0.735. The van der Waals surface area contributed by atoms with Gasteiger partial charge in [0.15, 0.2) is 11.3 Å². The van der Waals surface area contributed by atoms with Gasteiger partial charge >= 0.3 is 0 Å². The maximum absolute atomic E-state index is 13.7. The Morgan fingerprint density at radius 1 is 0.644 bits per heavy atom. The molecule has 14 nitrogen and oxygen atoms in total. The normalized spacial score (nSPS) is 28.8. The van der Waals surface area contributed by atoms with Gasteiger partial charge in [-0.1, -0.05) is 121 Å². The van der Waals surface area contributed by atoms with E-state index in [1.807, 2.05) is 12.2 Å². The van der Waals surface area contributed by atoms with Crippen molar-refractivity contribution in [2.75, 3.05) is 44.9 Å². The first kappa shape index (κ1) is 33.5. The van der Waals surface area contributed by atoms with E-state index in [-0.39, 0.29) is 68.8 Å². The summed E-state index contributed by atoms with van der Waals surface area (Å²) in [7, 11) is -8.10. The molecule has 4 aromatic carbocycles. The molecule has 8 aromatic rings. The highest BCUT2D eigenvalue weighted by Crippen LogP contribution is 2.33. The van der Waals surface area contributed by atoms with Crippen molar-refractivity contribution in [3.8, 4) is 0 Å². The monoisotopic (exact) mass is 1100 g/mol. The summed E-state index contributed by atoms with van der Waals surface area (Å²) in [6.07, 6.45) is 1.48. The topological polar surface area (TPSA) is 151 Å². The second-order valence-electron chi connectivity index (χ2n) is 16.6. The molecule has 2 aliphatic heterocycles. The zero-order valence-electron chi connectivity index (χ0n) is 59.1. The third-order valence-corrected chi connectivity index (χ3v) is 15.4. The van der Waals surface area contributed by atoms with Crippen molar-refractivity contribution < 1.29 is 44.3 Å². The number of halogens is 3. The molecule has 4 unspecified atom stereocenters. The largest absolute Gasteiger partial charge is 0.354 e. The summed E-state index contributed by atoms with van der Waals surface area (Å²) >= 11 is 18.0. The molecule has 0 spiro atoms. The lowest BCUT2D eigenvalue weighted by molar-refractivity contribution is 0.147. The first-order valence-corrected chi connectivity index (χ1v) is 26.3. The zero-order chi connectivity index (χ0) is 69.3. The van der Waals surface area contributed by atoms with E-state index in [1.165, 1.54) is 23.2 Å². The van der Waals surface area contributed by atoms with Crippen LogP contribution in [0.2, 0.25) is 15.7 Å². The third kappa shape index (κ3) is 12.6. The fourth-order valence-corrected chi connectivity index (χ4v) is 10.8. The van der Waals surface area contributed by atoms with Crippen LogP contribution in [0.5, 0.6) is 0 Å². The minimum absolute atomic E-state index is 0.0637. The van der Waals surface area contributed by atoms with Crippen molar-refractivity contribution in [2.45, 2.75) is 75.3 Å². The van der Waals surface area contributed by atoms with Crippen molar-refractivity contribution >= 4 is 82.7 Å². The molecule has 0 saturated carbocycles. The van der Waals surface area contributed by atoms with Crippen LogP contribution >= 0.6 is 34.8 Å². The summed E-state index contributed by atoms with van der Waals surface area (Å²) in [4.78, 5) is 18.4. The van der Waals surface area contributed by atoms with Gasteiger partial charge in [0.25, 0.3) is 20.0 Å². The molecule has 2 aliphatic rings. The van der Waals surface area contributed by atoms with E-state index < -0.39 is 108 Å². The van der Waals surface area contributed by atoms with Crippen LogP contribution in [0.1, 0.15) is 76.2 Å². The number of aryl methyl sites for hydroxylation is 2. The van der Waals surface area contributed by atoms with Crippen LogP contribution in [0.15, 0.2) is 144 Å². The van der Waals surface area contributed by atoms with Gasteiger partial charge in [0, 0.05) is 83.5 Å². The minimum Gasteiger partial charge on any atom is -0.354 e. The van der Waals surface area contributed by atoms with Crippen molar-refractivity contribution in [2.24, 2.45) is 11.8 Å². The number of likely N-dealkylation sites (N-methyl/N-ethyl adjacent to an activating group) is 2. The lowest BCUT2D eigenvalue weighted by Gasteiger charge is -2.42. The molecule has 4 atom stereocenters. The van der Waals surface area contributed by atoms with Gasteiger partial charge in [-0.2, -0.15) is 15.0 Å². The Morgan fingerprint density at radius 3 is 1.66 bits per heavy atom. The van der Waals surface area contributed by atoms with Gasteiger partial charge in [-0.25, -0.2) is 29.8 Å². The smallest absolute Gasteiger partial charge is 0.269 e. The SMILES string of the molecule is Cc1ccc(S(=O)(=O)n2ccc3c(Cl)nc(Cl)nc32)cc1.[2H]C([2H])([2H])N(c1nc(Cl)nc2c1ccn2S(=O)(=O)c1ccc(C)cc1)C1([2H])C([2H])([2H])N(Cc2ccccc2)CCC1([2H])C([2H])([2H])[2H].[2H]C([2H])([2H])NC1([2H])C([2H])([2H])N(Cc2ccccc2)CCC1([2H])C([2H])([2H])[2H]. The lowest BCUT2D eigenvalue weighted by atomic mass is 9.92. The van der Waals surface area contributed by atoms with Crippen molar-refractivity contribution in [3.63, 3.8) is 0 Å². The summed E-state index contributed by atoms with van der Waals surface area (Å²) in [5.41, 5.74) is 2.87. The van der Waals surface area contributed by atoms with Gasteiger partial charge in [-0.15, -0.1) is 0 Å². The molecular formula is C54H61Cl3N10O4S2. The van der Waals surface area contributed by atoms with Crippen molar-refractivity contribution in [1.82, 2.24) is 43.0 Å². The molecule has 0 bridgehead atoms. The number of rotatable bonds is 11. The van der Waals surface area contributed by atoms with Crippen molar-refractivity contribution in [1.29, 1.82) is 0 Å². The third-order valence-electron chi connectivity index (χ3n) is 11.4. The number of hydrogen-bond donors (Lipinski definition) is 1. The number of nitrogens with zero attached hydrogens (tertiary/aromatic N) is 9. The van der Waals surface area contributed by atoms with Gasteiger partial charge in [0.2, 0.25) is 10.6 Å². The standard InChI is InChI=1S/C27H30ClN5O2S.C14H22N2.C13H9Cl2N3O2S/c1-19-9-11-22(12-10-19)36(34,35)33-16-14-23-25(29-27(28)30-26(23)33)31(3)24-18-32(15-13-20(24)2)17-21-7-5-4-6-8-21;1-12-8-9-16(11-14(12)15-2)10-13-6-4-3-5-7-13;1-8-2-4-9(5-3-8)21(19,20)18-7-6-10-11(14)16-13(15)17-12(10)18/h4-12,14,16,20,24H,13,15,17-18H2,1-3H3;3-7,12,14-15H,8-11H2,1-2H3;2-7H,1H3/i2D3,3D3,18D2,20D,24D;1D3,2D3,11D2,12D,14D;. The van der Waals surface area contributed by atoms with E-state index in [4.69, 9.17) is 56.7 Å². The van der Waals surface area contributed by atoms with Crippen LogP contribution in [0.4, 0.5) is 5.82 Å². The molecular weight excluding hydrogens is 1020 g/mol. The second-order valence-corrected chi connectivity index (χ2v) is 21.3. The fraction of sp³-hybridized carbons (Fsp3) is 0.333. The Kier molecular flexibility index (Phi) is 10.7. The van der Waals surface area contributed by atoms with Crippen LogP contribution in [0, 0.1) is 25.6 Å². The molecule has 10 rings (SSSR count). The van der Waals surface area contributed by atoms with E-state index >= 15 is 0 Å². The molecule has 4 aromatic heterocycles. The zero-order valence-corrected chi connectivity index (χ0v) is 43.0. The van der Waals surface area contributed by atoms with Crippen LogP contribution in [0.25, 0.3) is 22.1 Å². The summed E-state index contributed by atoms with van der Waals surface area (Å²) in [6.45, 7) is -15.5. The minimum atomic E-state index is -4.33. The molecule has 2 fully saturated rings. The number of hydrogen-bond acceptors (Lipinski definition) is 12. The predicted molar refractivity (Wildman–Crippen MR) is 294 cm³/mol. The predicted octanol–water partition coefficient (Wildman–Crippen LogP) is 10.4. The van der Waals surface area contributed by atoms with Gasteiger partial charge < -0.3 is 10.2 Å². The Labute approximate surface area is 472 Å². The quantitative estimate of drug-likeness (QED) is 0.0970. The van der Waals surface area contributed by atoms with Crippen LogP contribution in [-0.2, 0) is 33.1 Å². The Bertz CT molecular complexity index is 4250. The first-order valence-electron chi connectivity index (χ1n) is 32.3. The van der Waals surface area contributed by atoms with E-state index in [0.717, 1.165) is 41.8 Å². The molecule has 0 aliphatic carbocycles. The number of anilines is 1. The molecule has 0 amide bonds. The fourth-order valence-electron chi connectivity index (χ4n) is 7.62. The second kappa shape index (κ2) is 23.4. The highest BCUT2D eigenvalue weighted by Gasteiger charge is 2.32. The van der Waals surface area contributed by atoms with E-state index in [9.17, 15) is 22.3 Å². The molecule has 384 valence electrons. The maximum Gasteiger partial charge on any atom is 0.269 e. The molecule has 19 heteroatoms. The molecule has 0 radical (unpaired) electrons. The molecule has 1 N–H and O–H groups in total. The van der Waals surface area contributed by atoms with E-state index in [0.29, 0.717) is 10.9 Å². The summed E-state index contributed by atoms with van der Waals surface area (Å²) in [6, 6.07) is 26.2. The van der Waals surface area contributed by atoms with Gasteiger partial charge in [-0.3, -0.25) is 9.80 Å². The molecule has 73 heavy (non-hydrogen) atoms. The number of likely N-dealkylation sites (tertiary alicyclic amines) is 2. The molecule has 2 saturated heterocycles. The van der Waals surface area contributed by atoms with E-state index in [1.54, 1.807) is 110 Å². The average molecular weight is 1100 g/mol. The Morgan fingerprint density at radius 2 is 1.14 bits per heavy atom. The summed E-state index contributed by atoms with van der Waals surface area (Å²) in [5.74, 6) is -6.40. The summed E-state index contributed by atoms with van der Waals surface area (Å²) in [5, 5.41) is 1.35. The van der Waals surface area contributed by atoms with Gasteiger partial charge in [0.05, 0.1) is 21.9 Å². The van der Waals surface area contributed by atoms with Gasteiger partial charge in [0.1, 0.15) is 11.0 Å². The Balaban J connectivity index is 0.000000198. The van der Waals surface area contributed by atoms with Crippen LogP contribution in [-0.4, -0.2) is 107 Å². The number of piperidine rings is 2. The lowest BCUT2D eigenvalue weighted by Crippen LogP contribution is -2.51. The number of aromatic nitrogens is 6. The van der Waals surface area contributed by atoms with Crippen LogP contribution in [0.3, 0.4) is 0 Å². The number of fused-ring (bicyclic) bond motifs is 2. The first-order chi connectivity index (χ1) is 42.7. The van der Waals surface area contributed by atoms with Crippen molar-refractivity contribution in [3.05, 3.63) is 172 Å². The van der Waals surface area contributed by atoms with Gasteiger partial charge in [-0.05, 0) is 129 Å². The highest BCUT2D eigenvalue weighted by atomic mass is 35.5. The Hall–Kier alpha value is -5.43. The summed E-state index contributed by atoms with van der Waals surface area (Å²) < 4.78 is 221. The highest BCUT2D eigenvalue weighted by molar-refractivity contribution is 7.90. The van der Waals surface area contributed by atoms with Crippen LogP contribution < -0.4 is 10.2 Å². The molecule has 6 heterocycles. The number of benzene rings is 4.